The van der Waals surface area contributed by atoms with E-state index in [4.69, 9.17) is 4.74 Å². The molecule has 2 rings (SSSR count). The van der Waals surface area contributed by atoms with E-state index >= 15 is 0 Å². The van der Waals surface area contributed by atoms with E-state index in [2.05, 4.69) is 11.0 Å². The van der Waals surface area contributed by atoms with Gasteiger partial charge in [-0.2, -0.15) is 5.26 Å². The van der Waals surface area contributed by atoms with Gasteiger partial charge in [0.15, 0.2) is 0 Å². The molecule has 1 fully saturated rings. The van der Waals surface area contributed by atoms with Gasteiger partial charge in [0.05, 0.1) is 18.6 Å². The second kappa shape index (κ2) is 4.67. The van der Waals surface area contributed by atoms with E-state index in [0.717, 1.165) is 30.8 Å². The number of benzene rings is 1. The zero-order valence-electron chi connectivity index (χ0n) is 10.4. The lowest BCUT2D eigenvalue weighted by molar-refractivity contribution is 0.223. The van der Waals surface area contributed by atoms with Crippen LogP contribution in [0.15, 0.2) is 24.3 Å². The predicted molar refractivity (Wildman–Crippen MR) is 68.2 cm³/mol. The Balaban J connectivity index is 2.04. The molecule has 0 saturated heterocycles. The first-order chi connectivity index (χ1) is 8.19. The van der Waals surface area contributed by atoms with E-state index in [9.17, 15) is 5.26 Å². The third-order valence-electron chi connectivity index (χ3n) is 3.60. The van der Waals surface area contributed by atoms with Gasteiger partial charge in [0.25, 0.3) is 0 Å². The molecule has 90 valence electrons. The molecule has 0 unspecified atom stereocenters. The van der Waals surface area contributed by atoms with Crippen LogP contribution in [0.4, 0.5) is 5.69 Å². The van der Waals surface area contributed by atoms with Crippen molar-refractivity contribution in [2.24, 2.45) is 5.41 Å². The summed E-state index contributed by atoms with van der Waals surface area (Å²) in [5.41, 5.74) is 1.02. The highest BCUT2D eigenvalue weighted by Crippen LogP contribution is 2.41. The van der Waals surface area contributed by atoms with Crippen LogP contribution in [-0.2, 0) is 0 Å². The van der Waals surface area contributed by atoms with Crippen molar-refractivity contribution >= 4 is 5.69 Å². The van der Waals surface area contributed by atoms with Crippen molar-refractivity contribution in [3.63, 3.8) is 0 Å². The van der Waals surface area contributed by atoms with Crippen molar-refractivity contribution in [2.75, 3.05) is 25.6 Å². The third kappa shape index (κ3) is 2.36. The molecule has 0 aromatic heterocycles. The molecule has 3 heteroatoms. The van der Waals surface area contributed by atoms with E-state index < -0.39 is 0 Å². The monoisotopic (exact) mass is 230 g/mol. The van der Waals surface area contributed by atoms with E-state index in [0.29, 0.717) is 0 Å². The smallest absolute Gasteiger partial charge is 0.119 e. The van der Waals surface area contributed by atoms with Crippen molar-refractivity contribution in [3.8, 4) is 11.8 Å². The van der Waals surface area contributed by atoms with Crippen LogP contribution in [0.25, 0.3) is 0 Å². The van der Waals surface area contributed by atoms with E-state index in [1.54, 1.807) is 7.11 Å². The van der Waals surface area contributed by atoms with Gasteiger partial charge in [0.1, 0.15) is 5.75 Å². The quantitative estimate of drug-likeness (QED) is 0.798. The molecule has 0 bridgehead atoms. The fraction of sp³-hybridized carbons (Fsp3) is 0.500. The maximum Gasteiger partial charge on any atom is 0.119 e. The molecule has 17 heavy (non-hydrogen) atoms. The number of hydrogen-bond acceptors (Lipinski definition) is 3. The van der Waals surface area contributed by atoms with Crippen molar-refractivity contribution in [2.45, 2.75) is 19.3 Å². The minimum atomic E-state index is -0.116. The molecule has 1 saturated carbocycles. The van der Waals surface area contributed by atoms with Crippen LogP contribution in [-0.4, -0.2) is 20.7 Å². The van der Waals surface area contributed by atoms with Crippen LogP contribution in [0.3, 0.4) is 0 Å². The zero-order chi connectivity index (χ0) is 12.3. The van der Waals surface area contributed by atoms with Crippen LogP contribution in [0, 0.1) is 16.7 Å². The van der Waals surface area contributed by atoms with Gasteiger partial charge in [-0.15, -0.1) is 0 Å². The SMILES string of the molecule is COc1ccc(N(C)CC2(C#N)CCC2)cc1. The topological polar surface area (TPSA) is 36.3 Å². The molecule has 1 aromatic rings. The van der Waals surface area contributed by atoms with Crippen LogP contribution in [0.1, 0.15) is 19.3 Å². The van der Waals surface area contributed by atoms with Gasteiger partial charge >= 0.3 is 0 Å². The molecule has 0 atom stereocenters. The summed E-state index contributed by atoms with van der Waals surface area (Å²) in [5.74, 6) is 0.862. The van der Waals surface area contributed by atoms with Crippen LogP contribution < -0.4 is 9.64 Å². The minimum Gasteiger partial charge on any atom is -0.497 e. The molecule has 0 heterocycles. The first-order valence-corrected chi connectivity index (χ1v) is 5.96. The number of nitriles is 1. The van der Waals surface area contributed by atoms with Gasteiger partial charge in [0.2, 0.25) is 0 Å². The van der Waals surface area contributed by atoms with Gasteiger partial charge in [-0.25, -0.2) is 0 Å². The lowest BCUT2D eigenvalue weighted by Crippen LogP contribution is -2.39. The van der Waals surface area contributed by atoms with Crippen LogP contribution >= 0.6 is 0 Å². The van der Waals surface area contributed by atoms with Crippen LogP contribution in [0.2, 0.25) is 0 Å². The Morgan fingerprint density at radius 3 is 2.41 bits per heavy atom. The van der Waals surface area contributed by atoms with Gasteiger partial charge < -0.3 is 9.64 Å². The molecule has 0 amide bonds. The number of ether oxygens (including phenoxy) is 1. The lowest BCUT2D eigenvalue weighted by Gasteiger charge is -2.39. The van der Waals surface area contributed by atoms with E-state index in [1.807, 2.05) is 31.3 Å². The molecule has 0 spiro atoms. The Bertz CT molecular complexity index is 415. The summed E-state index contributed by atoms with van der Waals surface area (Å²) in [6, 6.07) is 10.4. The van der Waals surface area contributed by atoms with Crippen molar-refractivity contribution in [3.05, 3.63) is 24.3 Å². The molecule has 1 aliphatic rings. The summed E-state index contributed by atoms with van der Waals surface area (Å²) in [6.07, 6.45) is 3.25. The molecule has 0 radical (unpaired) electrons. The summed E-state index contributed by atoms with van der Waals surface area (Å²) in [5, 5.41) is 9.22. The Morgan fingerprint density at radius 2 is 2.00 bits per heavy atom. The highest BCUT2D eigenvalue weighted by atomic mass is 16.5. The number of hydrogen-bond donors (Lipinski definition) is 0. The Kier molecular flexibility index (Phi) is 3.23. The van der Waals surface area contributed by atoms with Gasteiger partial charge in [-0.3, -0.25) is 0 Å². The average Bonchev–Trinajstić information content (AvgIpc) is 2.33. The molecular weight excluding hydrogens is 212 g/mol. The Labute approximate surface area is 103 Å². The van der Waals surface area contributed by atoms with Gasteiger partial charge in [0, 0.05) is 19.3 Å². The highest BCUT2D eigenvalue weighted by molar-refractivity contribution is 5.49. The number of nitrogens with zero attached hydrogens (tertiary/aromatic N) is 2. The fourth-order valence-corrected chi connectivity index (χ4v) is 2.29. The summed E-state index contributed by atoms with van der Waals surface area (Å²) in [7, 11) is 3.71. The summed E-state index contributed by atoms with van der Waals surface area (Å²) < 4.78 is 5.13. The third-order valence-corrected chi connectivity index (χ3v) is 3.60. The Hall–Kier alpha value is -1.69. The number of methoxy groups -OCH3 is 1. The van der Waals surface area contributed by atoms with Crippen molar-refractivity contribution in [1.29, 1.82) is 5.26 Å². The lowest BCUT2D eigenvalue weighted by atomic mass is 9.69. The predicted octanol–water partition coefficient (Wildman–Crippen LogP) is 2.83. The van der Waals surface area contributed by atoms with Gasteiger partial charge in [-0.05, 0) is 37.1 Å². The van der Waals surface area contributed by atoms with Crippen molar-refractivity contribution in [1.82, 2.24) is 0 Å². The molecule has 0 aliphatic heterocycles. The average molecular weight is 230 g/mol. The standard InChI is InChI=1S/C14H18N2O/c1-16(11-14(10-15)8-3-9-14)12-4-6-13(17-2)7-5-12/h4-7H,3,8-9,11H2,1-2H3. The Morgan fingerprint density at radius 1 is 1.35 bits per heavy atom. The van der Waals surface area contributed by atoms with Gasteiger partial charge in [-0.1, -0.05) is 6.42 Å². The molecular formula is C14H18N2O. The first kappa shape index (κ1) is 11.8. The summed E-state index contributed by atoms with van der Waals surface area (Å²) in [4.78, 5) is 2.15. The summed E-state index contributed by atoms with van der Waals surface area (Å²) >= 11 is 0. The maximum atomic E-state index is 9.22. The van der Waals surface area contributed by atoms with E-state index in [1.165, 1.54) is 6.42 Å². The normalized spacial score (nSPS) is 16.8. The molecule has 0 N–H and O–H groups in total. The minimum absolute atomic E-state index is 0.116. The number of rotatable bonds is 4. The molecule has 1 aromatic carbocycles. The van der Waals surface area contributed by atoms with Crippen molar-refractivity contribution < 1.29 is 4.74 Å². The second-order valence-corrected chi connectivity index (χ2v) is 4.80. The largest absolute Gasteiger partial charge is 0.497 e. The maximum absolute atomic E-state index is 9.22. The second-order valence-electron chi connectivity index (χ2n) is 4.80. The highest BCUT2D eigenvalue weighted by Gasteiger charge is 2.38. The fourth-order valence-electron chi connectivity index (χ4n) is 2.29. The van der Waals surface area contributed by atoms with E-state index in [-0.39, 0.29) is 5.41 Å². The first-order valence-electron chi connectivity index (χ1n) is 5.96. The van der Waals surface area contributed by atoms with Crippen LogP contribution in [0.5, 0.6) is 5.75 Å². The molecule has 3 nitrogen and oxygen atoms in total. The summed E-state index contributed by atoms with van der Waals surface area (Å²) in [6.45, 7) is 0.815. The molecule has 1 aliphatic carbocycles. The number of anilines is 1. The zero-order valence-corrected chi connectivity index (χ0v) is 10.4.